The quantitative estimate of drug-likeness (QED) is 0.779. The molecule has 20 heavy (non-hydrogen) atoms. The van der Waals surface area contributed by atoms with Gasteiger partial charge in [-0.2, -0.15) is 0 Å². The summed E-state index contributed by atoms with van der Waals surface area (Å²) in [5.41, 5.74) is 1.66. The normalized spacial score (nSPS) is 10.7. The van der Waals surface area contributed by atoms with E-state index >= 15 is 0 Å². The molecule has 0 amide bonds. The molecular weight excluding hydrogens is 259 g/mol. The highest BCUT2D eigenvalue weighted by atomic mass is 19.1. The fourth-order valence-corrected chi connectivity index (χ4v) is 2.14. The van der Waals surface area contributed by atoms with Crippen molar-refractivity contribution in [1.82, 2.24) is 9.97 Å². The fraction of sp³-hybridized carbons (Fsp3) is 0.0667. The molecule has 0 fully saturated rings. The molecule has 0 unspecified atom stereocenters. The molecule has 0 aliphatic rings. The van der Waals surface area contributed by atoms with Crippen LogP contribution in [0.4, 0.5) is 4.39 Å². The van der Waals surface area contributed by atoms with E-state index in [1.165, 1.54) is 25.6 Å². The molecule has 3 aromatic rings. The number of rotatable bonds is 2. The summed E-state index contributed by atoms with van der Waals surface area (Å²) in [5.74, 6) is 0.187. The summed E-state index contributed by atoms with van der Waals surface area (Å²) in [4.78, 5) is 18.4. The first-order valence-electron chi connectivity index (χ1n) is 6.00. The van der Waals surface area contributed by atoms with Crippen LogP contribution in [0.5, 0.6) is 5.75 Å². The van der Waals surface area contributed by atoms with Gasteiger partial charge in [-0.3, -0.25) is 4.79 Å². The number of methoxy groups -OCH3 is 1. The minimum atomic E-state index is -0.360. The summed E-state index contributed by atoms with van der Waals surface area (Å²) in [5, 5.41) is 0.455. The van der Waals surface area contributed by atoms with Crippen LogP contribution in [0.25, 0.3) is 22.0 Å². The number of ether oxygens (including phenoxy) is 1. The minimum absolute atomic E-state index is 0.229. The van der Waals surface area contributed by atoms with Crippen molar-refractivity contribution < 1.29 is 9.13 Å². The lowest BCUT2D eigenvalue weighted by molar-refractivity contribution is 0.415. The molecule has 0 aliphatic carbocycles. The van der Waals surface area contributed by atoms with Crippen molar-refractivity contribution in [3.8, 4) is 16.9 Å². The van der Waals surface area contributed by atoms with Crippen LogP contribution < -0.4 is 10.3 Å². The van der Waals surface area contributed by atoms with E-state index in [4.69, 9.17) is 4.74 Å². The Kier molecular flexibility index (Phi) is 2.95. The molecule has 0 radical (unpaired) electrons. The highest BCUT2D eigenvalue weighted by Crippen LogP contribution is 2.31. The van der Waals surface area contributed by atoms with E-state index in [0.29, 0.717) is 27.8 Å². The van der Waals surface area contributed by atoms with Crippen LogP contribution in [0.3, 0.4) is 0 Å². The largest absolute Gasteiger partial charge is 0.496 e. The minimum Gasteiger partial charge on any atom is -0.496 e. The second-order valence-electron chi connectivity index (χ2n) is 4.31. The summed E-state index contributed by atoms with van der Waals surface area (Å²) in [6, 6.07) is 9.46. The summed E-state index contributed by atoms with van der Waals surface area (Å²) in [7, 11) is 1.52. The molecule has 2 aromatic carbocycles. The van der Waals surface area contributed by atoms with E-state index in [-0.39, 0.29) is 11.4 Å². The Hall–Kier alpha value is -2.69. The molecule has 100 valence electrons. The van der Waals surface area contributed by atoms with Crippen molar-refractivity contribution in [2.24, 2.45) is 0 Å². The summed E-state index contributed by atoms with van der Waals surface area (Å²) >= 11 is 0. The van der Waals surface area contributed by atoms with Gasteiger partial charge in [0.15, 0.2) is 0 Å². The predicted octanol–water partition coefficient (Wildman–Crippen LogP) is 2.74. The molecule has 0 atom stereocenters. The number of aromatic nitrogens is 2. The monoisotopic (exact) mass is 270 g/mol. The zero-order chi connectivity index (χ0) is 14.1. The molecule has 5 heteroatoms. The van der Waals surface area contributed by atoms with Crippen LogP contribution in [0.15, 0.2) is 47.5 Å². The van der Waals surface area contributed by atoms with Gasteiger partial charge in [-0.05, 0) is 35.9 Å². The van der Waals surface area contributed by atoms with Gasteiger partial charge in [0.1, 0.15) is 11.6 Å². The number of nitrogens with one attached hydrogen (secondary N) is 1. The average Bonchev–Trinajstić information content (AvgIpc) is 2.47. The fourth-order valence-electron chi connectivity index (χ4n) is 2.14. The van der Waals surface area contributed by atoms with Gasteiger partial charge in [0.05, 0.1) is 24.3 Å². The number of H-pyrrole nitrogens is 1. The molecule has 1 aromatic heterocycles. The van der Waals surface area contributed by atoms with E-state index in [1.807, 2.05) is 0 Å². The Bertz CT molecular complexity index is 843. The van der Waals surface area contributed by atoms with Gasteiger partial charge in [0.2, 0.25) is 0 Å². The average molecular weight is 270 g/mol. The van der Waals surface area contributed by atoms with Gasteiger partial charge < -0.3 is 9.72 Å². The molecule has 0 saturated carbocycles. The maximum absolute atomic E-state index is 13.4. The number of hydrogen-bond donors (Lipinski definition) is 1. The van der Waals surface area contributed by atoms with E-state index in [0.717, 1.165) is 0 Å². The van der Waals surface area contributed by atoms with E-state index in [2.05, 4.69) is 9.97 Å². The van der Waals surface area contributed by atoms with Crippen molar-refractivity contribution in [2.45, 2.75) is 0 Å². The lowest BCUT2D eigenvalue weighted by Crippen LogP contribution is -2.06. The Morgan fingerprint density at radius 3 is 2.85 bits per heavy atom. The first-order valence-corrected chi connectivity index (χ1v) is 6.00. The molecule has 0 spiro atoms. The van der Waals surface area contributed by atoms with E-state index in [1.54, 1.807) is 24.3 Å². The number of nitrogens with zero attached hydrogens (tertiary/aromatic N) is 1. The summed E-state index contributed by atoms with van der Waals surface area (Å²) in [6.07, 6.45) is 1.35. The molecule has 0 bridgehead atoms. The zero-order valence-electron chi connectivity index (χ0n) is 10.7. The molecule has 0 saturated heterocycles. The Morgan fingerprint density at radius 1 is 1.20 bits per heavy atom. The maximum Gasteiger partial charge on any atom is 0.258 e. The topological polar surface area (TPSA) is 55.0 Å². The lowest BCUT2D eigenvalue weighted by atomic mass is 10.0. The summed E-state index contributed by atoms with van der Waals surface area (Å²) < 4.78 is 18.7. The van der Waals surface area contributed by atoms with Crippen molar-refractivity contribution in [3.63, 3.8) is 0 Å². The molecule has 1 heterocycles. The van der Waals surface area contributed by atoms with Gasteiger partial charge in [0, 0.05) is 5.56 Å². The highest BCUT2D eigenvalue weighted by Gasteiger charge is 2.09. The van der Waals surface area contributed by atoms with Crippen molar-refractivity contribution in [1.29, 1.82) is 0 Å². The standard InChI is InChI=1S/C15H11FN2O2/c1-20-14-5-3-10(16)7-11(14)9-2-4-13-12(6-9)15(19)18-8-17-13/h2-8H,1H3,(H,17,18,19). The molecule has 3 rings (SSSR count). The van der Waals surface area contributed by atoms with Gasteiger partial charge in [-0.25, -0.2) is 9.37 Å². The Labute approximate surface area is 113 Å². The van der Waals surface area contributed by atoms with Crippen LogP contribution >= 0.6 is 0 Å². The van der Waals surface area contributed by atoms with Crippen LogP contribution in [0.2, 0.25) is 0 Å². The molecule has 0 aliphatic heterocycles. The summed E-state index contributed by atoms with van der Waals surface area (Å²) in [6.45, 7) is 0. The number of hydrogen-bond acceptors (Lipinski definition) is 3. The van der Waals surface area contributed by atoms with E-state index in [9.17, 15) is 9.18 Å². The Morgan fingerprint density at radius 2 is 2.05 bits per heavy atom. The molecule has 4 nitrogen and oxygen atoms in total. The van der Waals surface area contributed by atoms with Crippen LogP contribution in [-0.2, 0) is 0 Å². The number of halogens is 1. The third-order valence-corrected chi connectivity index (χ3v) is 3.11. The van der Waals surface area contributed by atoms with Crippen LogP contribution in [0.1, 0.15) is 0 Å². The van der Waals surface area contributed by atoms with E-state index < -0.39 is 0 Å². The van der Waals surface area contributed by atoms with Gasteiger partial charge in [-0.15, -0.1) is 0 Å². The molecular formula is C15H11FN2O2. The van der Waals surface area contributed by atoms with Crippen LogP contribution in [0, 0.1) is 5.82 Å². The maximum atomic E-state index is 13.4. The number of benzene rings is 2. The number of aromatic amines is 1. The van der Waals surface area contributed by atoms with Crippen molar-refractivity contribution >= 4 is 10.9 Å². The first kappa shape index (κ1) is 12.3. The van der Waals surface area contributed by atoms with Crippen LogP contribution in [-0.4, -0.2) is 17.1 Å². The smallest absolute Gasteiger partial charge is 0.258 e. The third-order valence-electron chi connectivity index (χ3n) is 3.11. The lowest BCUT2D eigenvalue weighted by Gasteiger charge is -2.09. The predicted molar refractivity (Wildman–Crippen MR) is 74.3 cm³/mol. The zero-order valence-corrected chi connectivity index (χ0v) is 10.7. The molecule has 1 N–H and O–H groups in total. The first-order chi connectivity index (χ1) is 9.69. The second kappa shape index (κ2) is 4.77. The van der Waals surface area contributed by atoms with Gasteiger partial charge in [-0.1, -0.05) is 6.07 Å². The Balaban J connectivity index is 2.27. The van der Waals surface area contributed by atoms with Crippen molar-refractivity contribution in [3.05, 3.63) is 58.9 Å². The third kappa shape index (κ3) is 2.03. The van der Waals surface area contributed by atoms with Gasteiger partial charge >= 0.3 is 0 Å². The van der Waals surface area contributed by atoms with Gasteiger partial charge in [0.25, 0.3) is 5.56 Å². The number of fused-ring (bicyclic) bond motifs is 1. The van der Waals surface area contributed by atoms with Crippen molar-refractivity contribution in [2.75, 3.05) is 7.11 Å². The highest BCUT2D eigenvalue weighted by molar-refractivity contribution is 5.85. The SMILES string of the molecule is COc1ccc(F)cc1-c1ccc2nc[nH]c(=O)c2c1. The second-order valence-corrected chi connectivity index (χ2v) is 4.31.